The molecule has 3 rings (SSSR count). The number of nitrogen functional groups attached to an aromatic ring is 1. The van der Waals surface area contributed by atoms with Crippen molar-refractivity contribution >= 4 is 22.4 Å². The fourth-order valence-electron chi connectivity index (χ4n) is 2.62. The molecular formula is C14H20N6. The first-order valence-electron chi connectivity index (χ1n) is 7.10. The summed E-state index contributed by atoms with van der Waals surface area (Å²) in [6.07, 6.45) is 5.38. The van der Waals surface area contributed by atoms with Crippen LogP contribution in [0.2, 0.25) is 0 Å². The van der Waals surface area contributed by atoms with Crippen LogP contribution in [0.15, 0.2) is 6.08 Å². The summed E-state index contributed by atoms with van der Waals surface area (Å²) in [5.74, 6) is 1.46. The zero-order valence-electron chi connectivity index (χ0n) is 12.0. The molecule has 0 radical (unpaired) electrons. The second-order valence-electron chi connectivity index (χ2n) is 5.18. The molecule has 3 N–H and O–H groups in total. The molecule has 0 atom stereocenters. The Labute approximate surface area is 118 Å². The fraction of sp³-hybridized carbons (Fsp3) is 0.500. The monoisotopic (exact) mass is 272 g/mol. The summed E-state index contributed by atoms with van der Waals surface area (Å²) in [6.45, 7) is 3.88. The number of hydrogen-bond acceptors (Lipinski definition) is 5. The molecule has 0 aliphatic carbocycles. The van der Waals surface area contributed by atoms with Crippen molar-refractivity contribution in [2.45, 2.75) is 26.2 Å². The lowest BCUT2D eigenvalue weighted by atomic mass is 10.1. The highest BCUT2D eigenvalue weighted by Crippen LogP contribution is 2.27. The first kappa shape index (κ1) is 13.1. The molecule has 0 saturated heterocycles. The van der Waals surface area contributed by atoms with Crippen LogP contribution < -0.4 is 11.1 Å². The van der Waals surface area contributed by atoms with Crippen molar-refractivity contribution < 1.29 is 0 Å². The molecule has 6 nitrogen and oxygen atoms in total. The Kier molecular flexibility index (Phi) is 3.40. The molecule has 0 amide bonds. The zero-order valence-corrected chi connectivity index (χ0v) is 12.0. The Hall–Kier alpha value is -1.95. The number of aryl methyl sites for hydroxylation is 2. The molecular weight excluding hydrogens is 252 g/mol. The number of aromatic nitrogens is 4. The number of nitrogens with one attached hydrogen (secondary N) is 1. The minimum absolute atomic E-state index is 0.411. The van der Waals surface area contributed by atoms with Crippen LogP contribution in [0.25, 0.3) is 16.6 Å². The highest BCUT2D eigenvalue weighted by molar-refractivity contribution is 5.93. The van der Waals surface area contributed by atoms with Crippen LogP contribution in [0.1, 0.15) is 31.3 Å². The number of nitrogens with zero attached hydrogens (tertiary/aromatic N) is 4. The summed E-state index contributed by atoms with van der Waals surface area (Å²) in [5, 5.41) is 11.7. The second-order valence-corrected chi connectivity index (χ2v) is 5.18. The van der Waals surface area contributed by atoms with Gasteiger partial charge in [0.25, 0.3) is 0 Å². The maximum Gasteiger partial charge on any atom is 0.174 e. The first-order chi connectivity index (χ1) is 9.72. The number of imidazole rings is 1. The molecule has 2 aromatic heterocycles. The smallest absolute Gasteiger partial charge is 0.174 e. The Bertz CT molecular complexity index is 670. The van der Waals surface area contributed by atoms with Gasteiger partial charge in [0, 0.05) is 26.6 Å². The van der Waals surface area contributed by atoms with Gasteiger partial charge in [-0.1, -0.05) is 19.4 Å². The lowest BCUT2D eigenvalue weighted by molar-refractivity contribution is 0.719. The molecule has 0 saturated carbocycles. The summed E-state index contributed by atoms with van der Waals surface area (Å²) in [7, 11) is 2.04. The largest absolute Gasteiger partial charge is 0.380 e. The maximum atomic E-state index is 5.95. The van der Waals surface area contributed by atoms with Crippen LogP contribution in [-0.4, -0.2) is 32.8 Å². The lowest BCUT2D eigenvalue weighted by Crippen LogP contribution is -2.09. The minimum Gasteiger partial charge on any atom is -0.380 e. The second kappa shape index (κ2) is 5.20. The normalized spacial score (nSPS) is 15.0. The summed E-state index contributed by atoms with van der Waals surface area (Å²) < 4.78 is 2.12. The quantitative estimate of drug-likeness (QED) is 0.876. The number of rotatable bonds is 4. The number of anilines is 1. The molecule has 0 bridgehead atoms. The third-order valence-corrected chi connectivity index (χ3v) is 3.78. The molecule has 2 aromatic rings. The van der Waals surface area contributed by atoms with Crippen molar-refractivity contribution in [2.75, 3.05) is 18.8 Å². The number of hydrogen-bond donors (Lipinski definition) is 2. The van der Waals surface area contributed by atoms with E-state index in [1.807, 2.05) is 7.05 Å². The van der Waals surface area contributed by atoms with E-state index >= 15 is 0 Å². The third-order valence-electron chi connectivity index (χ3n) is 3.78. The van der Waals surface area contributed by atoms with Crippen molar-refractivity contribution in [3.63, 3.8) is 0 Å². The summed E-state index contributed by atoms with van der Waals surface area (Å²) in [5.41, 5.74) is 9.80. The first-order valence-corrected chi connectivity index (χ1v) is 7.10. The Morgan fingerprint density at radius 2 is 2.25 bits per heavy atom. The SMILES string of the molecule is CCCCc1nc2c(N)nnc(C3=CCNC3)c2n1C. The molecule has 0 aromatic carbocycles. The topological polar surface area (TPSA) is 81.7 Å². The van der Waals surface area contributed by atoms with Crippen molar-refractivity contribution in [3.05, 3.63) is 17.6 Å². The van der Waals surface area contributed by atoms with Crippen LogP contribution in [0.4, 0.5) is 5.82 Å². The van der Waals surface area contributed by atoms with E-state index in [-0.39, 0.29) is 0 Å². The average Bonchev–Trinajstić information content (AvgIpc) is 3.07. The number of fused-ring (bicyclic) bond motifs is 1. The van der Waals surface area contributed by atoms with Crippen LogP contribution in [-0.2, 0) is 13.5 Å². The highest BCUT2D eigenvalue weighted by atomic mass is 15.2. The van der Waals surface area contributed by atoms with E-state index in [2.05, 4.69) is 38.1 Å². The lowest BCUT2D eigenvalue weighted by Gasteiger charge is -2.06. The standard InChI is InChI=1S/C14H20N6/c1-3-4-5-10-17-12-13(20(10)2)11(18-19-14(12)15)9-6-7-16-8-9/h6,16H,3-5,7-8H2,1-2H3,(H2,15,19). The van der Waals surface area contributed by atoms with Gasteiger partial charge in [-0.3, -0.25) is 0 Å². The molecule has 106 valence electrons. The van der Waals surface area contributed by atoms with E-state index in [1.54, 1.807) is 0 Å². The third kappa shape index (κ3) is 2.06. The van der Waals surface area contributed by atoms with Crippen molar-refractivity contribution in [1.29, 1.82) is 0 Å². The van der Waals surface area contributed by atoms with Crippen molar-refractivity contribution in [3.8, 4) is 0 Å². The summed E-state index contributed by atoms with van der Waals surface area (Å²) in [4.78, 5) is 4.67. The van der Waals surface area contributed by atoms with Gasteiger partial charge in [0.2, 0.25) is 0 Å². The molecule has 1 aliphatic rings. The molecule has 0 unspecified atom stereocenters. The van der Waals surface area contributed by atoms with E-state index in [4.69, 9.17) is 5.73 Å². The van der Waals surface area contributed by atoms with Gasteiger partial charge in [-0.15, -0.1) is 10.2 Å². The summed E-state index contributed by atoms with van der Waals surface area (Å²) in [6, 6.07) is 0. The van der Waals surface area contributed by atoms with Gasteiger partial charge >= 0.3 is 0 Å². The summed E-state index contributed by atoms with van der Waals surface area (Å²) >= 11 is 0. The number of unbranched alkanes of at least 4 members (excludes halogenated alkanes) is 1. The zero-order chi connectivity index (χ0) is 14.1. The van der Waals surface area contributed by atoms with E-state index in [9.17, 15) is 0 Å². The Morgan fingerprint density at radius 1 is 1.40 bits per heavy atom. The van der Waals surface area contributed by atoms with Crippen LogP contribution in [0.3, 0.4) is 0 Å². The van der Waals surface area contributed by atoms with Gasteiger partial charge in [0.1, 0.15) is 22.6 Å². The van der Waals surface area contributed by atoms with Gasteiger partial charge in [-0.2, -0.15) is 0 Å². The van der Waals surface area contributed by atoms with Crippen molar-refractivity contribution in [1.82, 2.24) is 25.1 Å². The average molecular weight is 272 g/mol. The van der Waals surface area contributed by atoms with Gasteiger partial charge in [0.05, 0.1) is 0 Å². The number of nitrogens with two attached hydrogens (primary N) is 1. The van der Waals surface area contributed by atoms with Crippen LogP contribution in [0.5, 0.6) is 0 Å². The molecule has 1 aliphatic heterocycles. The predicted octanol–water partition coefficient (Wildman–Crippen LogP) is 1.27. The highest BCUT2D eigenvalue weighted by Gasteiger charge is 2.19. The van der Waals surface area contributed by atoms with Gasteiger partial charge in [-0.05, 0) is 12.0 Å². The van der Waals surface area contributed by atoms with Crippen LogP contribution >= 0.6 is 0 Å². The Balaban J connectivity index is 2.17. The molecule has 20 heavy (non-hydrogen) atoms. The molecule has 0 spiro atoms. The predicted molar refractivity (Wildman–Crippen MR) is 80.2 cm³/mol. The van der Waals surface area contributed by atoms with Gasteiger partial charge < -0.3 is 15.6 Å². The Morgan fingerprint density at radius 3 is 2.95 bits per heavy atom. The van der Waals surface area contributed by atoms with Gasteiger partial charge in [-0.25, -0.2) is 4.98 Å². The fourth-order valence-corrected chi connectivity index (χ4v) is 2.62. The van der Waals surface area contributed by atoms with E-state index < -0.39 is 0 Å². The molecule has 6 heteroatoms. The van der Waals surface area contributed by atoms with E-state index in [1.165, 1.54) is 5.57 Å². The van der Waals surface area contributed by atoms with E-state index in [0.29, 0.717) is 5.82 Å². The van der Waals surface area contributed by atoms with Crippen LogP contribution in [0, 0.1) is 0 Å². The molecule has 3 heterocycles. The minimum atomic E-state index is 0.411. The van der Waals surface area contributed by atoms with Crippen molar-refractivity contribution in [2.24, 2.45) is 7.05 Å². The maximum absolute atomic E-state index is 5.95. The van der Waals surface area contributed by atoms with Gasteiger partial charge in [0.15, 0.2) is 5.82 Å². The molecule has 0 fully saturated rings. The van der Waals surface area contributed by atoms with E-state index in [0.717, 1.165) is 54.9 Å².